The monoisotopic (exact) mass is 220 g/mol. The summed E-state index contributed by atoms with van der Waals surface area (Å²) in [5.41, 5.74) is 2.63. The highest BCUT2D eigenvalue weighted by Gasteiger charge is 2.31. The van der Waals surface area contributed by atoms with Crippen LogP contribution in [0, 0.1) is 0 Å². The van der Waals surface area contributed by atoms with Crippen LogP contribution in [0.4, 0.5) is 5.69 Å². The first-order valence-corrected chi connectivity index (χ1v) is 5.75. The summed E-state index contributed by atoms with van der Waals surface area (Å²) in [4.78, 5) is 2.35. The molecule has 1 aliphatic heterocycles. The molecule has 2 atom stereocenters. The molecule has 0 fully saturated rings. The van der Waals surface area contributed by atoms with Gasteiger partial charge < -0.3 is 15.0 Å². The van der Waals surface area contributed by atoms with Gasteiger partial charge in [-0.1, -0.05) is 6.07 Å². The molecule has 16 heavy (non-hydrogen) atoms. The molecule has 0 amide bonds. The summed E-state index contributed by atoms with van der Waals surface area (Å²) in [6.07, 6.45) is 1.05. The number of anilines is 1. The largest absolute Gasteiger partial charge is 0.496 e. The Kier molecular flexibility index (Phi) is 3.06. The maximum Gasteiger partial charge on any atom is 0.124 e. The van der Waals surface area contributed by atoms with E-state index in [2.05, 4.69) is 36.3 Å². The maximum atomic E-state index is 5.42. The van der Waals surface area contributed by atoms with Crippen molar-refractivity contribution >= 4 is 5.69 Å². The number of nitrogens with zero attached hydrogens (tertiary/aromatic N) is 1. The van der Waals surface area contributed by atoms with Gasteiger partial charge in [0.2, 0.25) is 0 Å². The molecule has 0 bridgehead atoms. The average Bonchev–Trinajstić information content (AvgIpc) is 2.66. The zero-order chi connectivity index (χ0) is 11.7. The fraction of sp³-hybridized carbons (Fsp3) is 0.538. The molecule has 3 nitrogen and oxygen atoms in total. The van der Waals surface area contributed by atoms with Crippen molar-refractivity contribution in [1.82, 2.24) is 5.32 Å². The average molecular weight is 220 g/mol. The lowest BCUT2D eigenvalue weighted by Crippen LogP contribution is -2.44. The lowest BCUT2D eigenvalue weighted by atomic mass is 10.0. The fourth-order valence-corrected chi connectivity index (χ4v) is 2.51. The van der Waals surface area contributed by atoms with Crippen molar-refractivity contribution < 1.29 is 4.74 Å². The van der Waals surface area contributed by atoms with Crippen LogP contribution in [-0.2, 0) is 6.42 Å². The first-order chi connectivity index (χ1) is 7.69. The molecule has 0 aromatic heterocycles. The minimum atomic E-state index is 0.474. The molecule has 1 aliphatic rings. The predicted octanol–water partition coefficient (Wildman–Crippen LogP) is 1.66. The summed E-state index contributed by atoms with van der Waals surface area (Å²) in [7, 11) is 5.91. The Morgan fingerprint density at radius 3 is 2.88 bits per heavy atom. The van der Waals surface area contributed by atoms with Crippen molar-refractivity contribution in [2.45, 2.75) is 25.4 Å². The van der Waals surface area contributed by atoms with Crippen molar-refractivity contribution in [3.05, 3.63) is 23.8 Å². The summed E-state index contributed by atoms with van der Waals surface area (Å²) in [6, 6.07) is 7.25. The Balaban J connectivity index is 2.33. The normalized spacial score (nSPS) is 20.8. The van der Waals surface area contributed by atoms with Crippen LogP contribution in [0.2, 0.25) is 0 Å². The van der Waals surface area contributed by atoms with Crippen molar-refractivity contribution in [3.8, 4) is 5.75 Å². The van der Waals surface area contributed by atoms with Gasteiger partial charge in [-0.05, 0) is 32.5 Å². The SMILES string of the molecule is CNC(C)C1Cc2c(OC)cccc2N1C. The summed E-state index contributed by atoms with van der Waals surface area (Å²) < 4.78 is 5.42. The lowest BCUT2D eigenvalue weighted by Gasteiger charge is -2.27. The van der Waals surface area contributed by atoms with Gasteiger partial charge in [-0.3, -0.25) is 0 Å². The van der Waals surface area contributed by atoms with Gasteiger partial charge in [-0.25, -0.2) is 0 Å². The molecule has 0 saturated carbocycles. The molecule has 1 aromatic rings. The third-order valence-electron chi connectivity index (χ3n) is 3.65. The fourth-order valence-electron chi connectivity index (χ4n) is 2.51. The van der Waals surface area contributed by atoms with Crippen LogP contribution >= 0.6 is 0 Å². The van der Waals surface area contributed by atoms with E-state index in [4.69, 9.17) is 4.74 Å². The van der Waals surface area contributed by atoms with Crippen LogP contribution in [0.1, 0.15) is 12.5 Å². The molecule has 1 N–H and O–H groups in total. The Morgan fingerprint density at radius 1 is 1.50 bits per heavy atom. The third kappa shape index (κ3) is 1.65. The van der Waals surface area contributed by atoms with Gasteiger partial charge in [0.05, 0.1) is 7.11 Å². The molecular formula is C13H20N2O. The van der Waals surface area contributed by atoms with E-state index in [1.165, 1.54) is 11.3 Å². The van der Waals surface area contributed by atoms with Crippen molar-refractivity contribution in [2.24, 2.45) is 0 Å². The Morgan fingerprint density at radius 2 is 2.25 bits per heavy atom. The van der Waals surface area contributed by atoms with Crippen molar-refractivity contribution in [3.63, 3.8) is 0 Å². The number of methoxy groups -OCH3 is 1. The molecule has 88 valence electrons. The van der Waals surface area contributed by atoms with Crippen molar-refractivity contribution in [2.75, 3.05) is 26.1 Å². The van der Waals surface area contributed by atoms with Crippen LogP contribution in [0.25, 0.3) is 0 Å². The van der Waals surface area contributed by atoms with E-state index >= 15 is 0 Å². The second kappa shape index (κ2) is 4.34. The van der Waals surface area contributed by atoms with E-state index < -0.39 is 0 Å². The number of benzene rings is 1. The number of fused-ring (bicyclic) bond motifs is 1. The van der Waals surface area contributed by atoms with Crippen LogP contribution in [-0.4, -0.2) is 33.3 Å². The first kappa shape index (κ1) is 11.3. The van der Waals surface area contributed by atoms with E-state index in [1.54, 1.807) is 7.11 Å². The van der Waals surface area contributed by atoms with Crippen LogP contribution in [0.5, 0.6) is 5.75 Å². The molecular weight excluding hydrogens is 200 g/mol. The van der Waals surface area contributed by atoms with E-state index in [0.29, 0.717) is 12.1 Å². The Labute approximate surface area is 97.4 Å². The second-order valence-electron chi connectivity index (χ2n) is 4.42. The van der Waals surface area contributed by atoms with Gasteiger partial charge >= 0.3 is 0 Å². The molecule has 0 saturated heterocycles. The minimum Gasteiger partial charge on any atom is -0.496 e. The van der Waals surface area contributed by atoms with Gasteiger partial charge in [0.1, 0.15) is 5.75 Å². The topological polar surface area (TPSA) is 24.5 Å². The zero-order valence-corrected chi connectivity index (χ0v) is 10.4. The Bertz CT molecular complexity index is 378. The minimum absolute atomic E-state index is 0.474. The first-order valence-electron chi connectivity index (χ1n) is 5.75. The quantitative estimate of drug-likeness (QED) is 0.838. The molecule has 2 unspecified atom stereocenters. The Hall–Kier alpha value is -1.22. The number of rotatable bonds is 3. The van der Waals surface area contributed by atoms with Gasteiger partial charge in [-0.15, -0.1) is 0 Å². The smallest absolute Gasteiger partial charge is 0.124 e. The van der Waals surface area contributed by atoms with E-state index in [1.807, 2.05) is 13.1 Å². The predicted molar refractivity (Wildman–Crippen MR) is 67.4 cm³/mol. The number of hydrogen-bond acceptors (Lipinski definition) is 3. The molecule has 0 aliphatic carbocycles. The number of nitrogens with one attached hydrogen (secondary N) is 1. The van der Waals surface area contributed by atoms with E-state index in [-0.39, 0.29) is 0 Å². The third-order valence-corrected chi connectivity index (χ3v) is 3.65. The second-order valence-corrected chi connectivity index (χ2v) is 4.42. The molecule has 0 radical (unpaired) electrons. The number of hydrogen-bond donors (Lipinski definition) is 1. The molecule has 0 spiro atoms. The van der Waals surface area contributed by atoms with Crippen LogP contribution < -0.4 is 15.0 Å². The summed E-state index contributed by atoms with van der Waals surface area (Å²) >= 11 is 0. The van der Waals surface area contributed by atoms with Gasteiger partial charge in [0.25, 0.3) is 0 Å². The van der Waals surface area contributed by atoms with Crippen LogP contribution in [0.3, 0.4) is 0 Å². The van der Waals surface area contributed by atoms with Gasteiger partial charge in [-0.2, -0.15) is 0 Å². The highest BCUT2D eigenvalue weighted by molar-refractivity contribution is 5.64. The number of likely N-dealkylation sites (N-methyl/N-ethyl adjacent to an activating group) is 2. The van der Waals surface area contributed by atoms with E-state index in [9.17, 15) is 0 Å². The zero-order valence-electron chi connectivity index (χ0n) is 10.4. The summed E-state index contributed by atoms with van der Waals surface area (Å²) in [5.74, 6) is 1.01. The molecule has 1 aromatic carbocycles. The molecule has 3 heteroatoms. The maximum absolute atomic E-state index is 5.42. The standard InChI is InChI=1S/C13H20N2O/c1-9(14-2)12-8-10-11(15(12)3)6-5-7-13(10)16-4/h5-7,9,12,14H,8H2,1-4H3. The van der Waals surface area contributed by atoms with Gasteiger partial charge in [0, 0.05) is 30.4 Å². The van der Waals surface area contributed by atoms with E-state index in [0.717, 1.165) is 12.2 Å². The number of ether oxygens (including phenoxy) is 1. The summed E-state index contributed by atoms with van der Waals surface area (Å²) in [6.45, 7) is 2.22. The van der Waals surface area contributed by atoms with Crippen molar-refractivity contribution in [1.29, 1.82) is 0 Å². The lowest BCUT2D eigenvalue weighted by molar-refractivity contribution is 0.408. The summed E-state index contributed by atoms with van der Waals surface area (Å²) in [5, 5.41) is 3.33. The highest BCUT2D eigenvalue weighted by atomic mass is 16.5. The van der Waals surface area contributed by atoms with Gasteiger partial charge in [0.15, 0.2) is 0 Å². The molecule has 2 rings (SSSR count). The molecule has 1 heterocycles. The van der Waals surface area contributed by atoms with Crippen LogP contribution in [0.15, 0.2) is 18.2 Å². The highest BCUT2D eigenvalue weighted by Crippen LogP contribution is 2.37.